The molecule has 2 heteroatoms. The molecule has 0 saturated heterocycles. The van der Waals surface area contributed by atoms with E-state index in [0.29, 0.717) is 5.25 Å². The molecule has 86 valence electrons. The van der Waals surface area contributed by atoms with Crippen LogP contribution in [-0.4, -0.2) is 18.3 Å². The number of thioether (sulfide) groups is 1. The summed E-state index contributed by atoms with van der Waals surface area (Å²) < 4.78 is 0. The highest BCUT2D eigenvalue weighted by molar-refractivity contribution is 7.99. The molecule has 0 radical (unpaired) electrons. The van der Waals surface area contributed by atoms with Crippen molar-refractivity contribution in [1.82, 2.24) is 5.32 Å². The van der Waals surface area contributed by atoms with E-state index in [0.717, 1.165) is 19.5 Å². The third kappa shape index (κ3) is 3.13. The molecule has 2 rings (SSSR count). The van der Waals surface area contributed by atoms with Crippen LogP contribution in [0.25, 0.3) is 5.57 Å². The van der Waals surface area contributed by atoms with Crippen LogP contribution in [-0.2, 0) is 0 Å². The van der Waals surface area contributed by atoms with Gasteiger partial charge in [0.15, 0.2) is 0 Å². The summed E-state index contributed by atoms with van der Waals surface area (Å²) in [6.07, 6.45) is 3.46. The molecular weight excluding hydrogens is 214 g/mol. The lowest BCUT2D eigenvalue weighted by Crippen LogP contribution is -2.19. The Kier molecular flexibility index (Phi) is 4.08. The Morgan fingerprint density at radius 2 is 2.19 bits per heavy atom. The lowest BCUT2D eigenvalue weighted by atomic mass is 10.0. The molecule has 1 aromatic carbocycles. The molecule has 1 aliphatic rings. The molecule has 0 atom stereocenters. The number of rotatable bonds is 3. The number of hydrogen-bond donors (Lipinski definition) is 1. The van der Waals surface area contributed by atoms with E-state index in [1.807, 2.05) is 11.8 Å². The maximum Gasteiger partial charge on any atom is 0.0140 e. The average molecular weight is 233 g/mol. The van der Waals surface area contributed by atoms with E-state index in [-0.39, 0.29) is 0 Å². The van der Waals surface area contributed by atoms with Crippen LogP contribution in [0.3, 0.4) is 0 Å². The zero-order chi connectivity index (χ0) is 11.4. The van der Waals surface area contributed by atoms with Crippen molar-refractivity contribution in [2.45, 2.75) is 30.4 Å². The number of hydrogen-bond acceptors (Lipinski definition) is 2. The first-order chi connectivity index (χ1) is 7.75. The van der Waals surface area contributed by atoms with Crippen LogP contribution in [0, 0.1) is 0 Å². The standard InChI is InChI=1S/C14H19NS/c1-11(2)16-14-5-3-4-13(10-14)12-6-8-15-9-7-12/h3-6,10-11,15H,7-9H2,1-2H3. The monoisotopic (exact) mass is 233 g/mol. The minimum atomic E-state index is 0.650. The van der Waals surface area contributed by atoms with Crippen LogP contribution in [0.15, 0.2) is 35.2 Å². The highest BCUT2D eigenvalue weighted by atomic mass is 32.2. The smallest absolute Gasteiger partial charge is 0.0140 e. The van der Waals surface area contributed by atoms with Gasteiger partial charge < -0.3 is 5.32 Å². The second-order valence-electron chi connectivity index (χ2n) is 4.38. The summed E-state index contributed by atoms with van der Waals surface area (Å²) in [6.45, 7) is 6.59. The van der Waals surface area contributed by atoms with Crippen molar-refractivity contribution < 1.29 is 0 Å². The minimum absolute atomic E-state index is 0.650. The molecule has 0 saturated carbocycles. The zero-order valence-electron chi connectivity index (χ0n) is 9.99. The van der Waals surface area contributed by atoms with Gasteiger partial charge in [-0.2, -0.15) is 0 Å². The van der Waals surface area contributed by atoms with Gasteiger partial charge in [0.05, 0.1) is 0 Å². The topological polar surface area (TPSA) is 12.0 Å². The van der Waals surface area contributed by atoms with Gasteiger partial charge in [-0.25, -0.2) is 0 Å². The molecule has 0 amide bonds. The summed E-state index contributed by atoms with van der Waals surface area (Å²) in [6, 6.07) is 8.92. The predicted molar refractivity (Wildman–Crippen MR) is 72.9 cm³/mol. The number of benzene rings is 1. The third-order valence-electron chi connectivity index (χ3n) is 2.64. The largest absolute Gasteiger partial charge is 0.313 e. The van der Waals surface area contributed by atoms with E-state index in [2.05, 4.69) is 49.5 Å². The van der Waals surface area contributed by atoms with Gasteiger partial charge in [0.1, 0.15) is 0 Å². The van der Waals surface area contributed by atoms with Crippen LogP contribution in [0.1, 0.15) is 25.8 Å². The molecule has 0 aliphatic carbocycles. The SMILES string of the molecule is CC(C)Sc1cccc(C2=CCNCC2)c1. The predicted octanol–water partition coefficient (Wildman–Crippen LogP) is 3.56. The van der Waals surface area contributed by atoms with Gasteiger partial charge in [-0.1, -0.05) is 32.1 Å². The van der Waals surface area contributed by atoms with Crippen molar-refractivity contribution in [2.24, 2.45) is 0 Å². The lowest BCUT2D eigenvalue weighted by Gasteiger charge is -2.15. The normalized spacial score (nSPS) is 16.3. The quantitative estimate of drug-likeness (QED) is 0.801. The van der Waals surface area contributed by atoms with Gasteiger partial charge in [-0.3, -0.25) is 0 Å². The minimum Gasteiger partial charge on any atom is -0.313 e. The third-order valence-corrected chi connectivity index (χ3v) is 3.64. The van der Waals surface area contributed by atoms with Crippen molar-refractivity contribution in [3.63, 3.8) is 0 Å². The van der Waals surface area contributed by atoms with Gasteiger partial charge in [0, 0.05) is 16.7 Å². The molecule has 1 aliphatic heterocycles. The Morgan fingerprint density at radius 1 is 1.31 bits per heavy atom. The highest BCUT2D eigenvalue weighted by Crippen LogP contribution is 2.27. The Morgan fingerprint density at radius 3 is 2.88 bits per heavy atom. The fraction of sp³-hybridized carbons (Fsp3) is 0.429. The Balaban J connectivity index is 2.18. The summed E-state index contributed by atoms with van der Waals surface area (Å²) in [4.78, 5) is 1.38. The number of nitrogens with one attached hydrogen (secondary N) is 1. The Hall–Kier alpha value is -0.730. The fourth-order valence-corrected chi connectivity index (χ4v) is 2.82. The van der Waals surface area contributed by atoms with Gasteiger partial charge >= 0.3 is 0 Å². The first kappa shape index (κ1) is 11.7. The van der Waals surface area contributed by atoms with E-state index in [4.69, 9.17) is 0 Å². The lowest BCUT2D eigenvalue weighted by molar-refractivity contribution is 0.738. The van der Waals surface area contributed by atoms with Gasteiger partial charge in [-0.15, -0.1) is 11.8 Å². The highest BCUT2D eigenvalue weighted by Gasteiger charge is 2.06. The molecule has 0 spiro atoms. The molecular formula is C14H19NS. The van der Waals surface area contributed by atoms with Crippen molar-refractivity contribution in [3.8, 4) is 0 Å². The molecule has 0 unspecified atom stereocenters. The summed E-state index contributed by atoms with van der Waals surface area (Å²) in [5.41, 5.74) is 2.89. The zero-order valence-corrected chi connectivity index (χ0v) is 10.8. The van der Waals surface area contributed by atoms with Crippen LogP contribution in [0.2, 0.25) is 0 Å². The van der Waals surface area contributed by atoms with E-state index >= 15 is 0 Å². The van der Waals surface area contributed by atoms with E-state index in [1.54, 1.807) is 0 Å². The maximum atomic E-state index is 3.35. The van der Waals surface area contributed by atoms with E-state index in [1.165, 1.54) is 16.0 Å². The first-order valence-corrected chi connectivity index (χ1v) is 6.80. The van der Waals surface area contributed by atoms with Crippen molar-refractivity contribution >= 4 is 17.3 Å². The van der Waals surface area contributed by atoms with Crippen molar-refractivity contribution in [1.29, 1.82) is 0 Å². The second kappa shape index (κ2) is 5.55. The van der Waals surface area contributed by atoms with Crippen LogP contribution in [0.4, 0.5) is 0 Å². The molecule has 0 bridgehead atoms. The van der Waals surface area contributed by atoms with Crippen LogP contribution in [0.5, 0.6) is 0 Å². The molecule has 1 nitrogen and oxygen atoms in total. The molecule has 0 fully saturated rings. The average Bonchev–Trinajstić information content (AvgIpc) is 2.30. The molecule has 16 heavy (non-hydrogen) atoms. The Labute approximate surface area is 102 Å². The van der Waals surface area contributed by atoms with Crippen molar-refractivity contribution in [2.75, 3.05) is 13.1 Å². The van der Waals surface area contributed by atoms with Crippen LogP contribution < -0.4 is 5.32 Å². The van der Waals surface area contributed by atoms with Gasteiger partial charge in [-0.05, 0) is 36.2 Å². The summed E-state index contributed by atoms with van der Waals surface area (Å²) in [5, 5.41) is 4.00. The summed E-state index contributed by atoms with van der Waals surface area (Å²) >= 11 is 1.93. The van der Waals surface area contributed by atoms with E-state index in [9.17, 15) is 0 Å². The van der Waals surface area contributed by atoms with E-state index < -0.39 is 0 Å². The van der Waals surface area contributed by atoms with Crippen LogP contribution >= 0.6 is 11.8 Å². The fourth-order valence-electron chi connectivity index (χ4n) is 1.93. The summed E-state index contributed by atoms with van der Waals surface area (Å²) in [5.74, 6) is 0. The maximum absolute atomic E-state index is 3.35. The van der Waals surface area contributed by atoms with Gasteiger partial charge in [0.25, 0.3) is 0 Å². The molecule has 1 aromatic rings. The molecule has 1 N–H and O–H groups in total. The van der Waals surface area contributed by atoms with Gasteiger partial charge in [0.2, 0.25) is 0 Å². The molecule has 1 heterocycles. The second-order valence-corrected chi connectivity index (χ2v) is 6.03. The molecule has 0 aromatic heterocycles. The first-order valence-electron chi connectivity index (χ1n) is 5.92. The summed E-state index contributed by atoms with van der Waals surface area (Å²) in [7, 11) is 0. The van der Waals surface area contributed by atoms with Crippen molar-refractivity contribution in [3.05, 3.63) is 35.9 Å². The Bertz CT molecular complexity index is 382.